The smallest absolute Gasteiger partial charge is 0.426 e. The molecule has 0 spiro atoms. The third-order valence-electron chi connectivity index (χ3n) is 5.22. The van der Waals surface area contributed by atoms with E-state index in [9.17, 15) is 27.5 Å². The molecule has 1 aliphatic rings. The molecule has 1 amide bonds. The quantitative estimate of drug-likeness (QED) is 0.780. The molecular formula is C19H21F4N3O3. The maximum Gasteiger partial charge on any atom is 0.426 e. The summed E-state index contributed by atoms with van der Waals surface area (Å²) in [4.78, 5) is 13.1. The molecule has 1 aromatic heterocycles. The lowest BCUT2D eigenvalue weighted by atomic mass is 9.92. The number of piperidine rings is 1. The molecule has 1 aromatic carbocycles. The summed E-state index contributed by atoms with van der Waals surface area (Å²) in [6.45, 7) is 0.557. The summed E-state index contributed by atoms with van der Waals surface area (Å²) in [6, 6.07) is 6.09. The average molecular weight is 415 g/mol. The summed E-state index contributed by atoms with van der Waals surface area (Å²) in [6.07, 6.45) is -2.80. The Morgan fingerprint density at radius 3 is 2.45 bits per heavy atom. The van der Waals surface area contributed by atoms with Gasteiger partial charge in [0.15, 0.2) is 5.82 Å². The van der Waals surface area contributed by atoms with Crippen molar-refractivity contribution in [2.24, 2.45) is 0 Å². The number of aromatic nitrogens is 2. The molecular weight excluding hydrogens is 394 g/mol. The van der Waals surface area contributed by atoms with Gasteiger partial charge in [-0.2, -0.15) is 18.3 Å². The van der Waals surface area contributed by atoms with Crippen molar-refractivity contribution >= 4 is 5.91 Å². The Hall–Kier alpha value is -2.62. The molecule has 0 aliphatic carbocycles. The second-order valence-corrected chi connectivity index (χ2v) is 7.12. The number of carbonyl (C=O) groups excluding carboxylic acids is 1. The fourth-order valence-corrected chi connectivity index (χ4v) is 3.42. The van der Waals surface area contributed by atoms with Crippen LogP contribution in [0, 0.1) is 5.82 Å². The molecule has 1 saturated heterocycles. The van der Waals surface area contributed by atoms with Crippen molar-refractivity contribution in [2.45, 2.75) is 37.5 Å². The van der Waals surface area contributed by atoms with E-state index < -0.39 is 23.5 Å². The molecule has 29 heavy (non-hydrogen) atoms. The molecule has 0 radical (unpaired) electrons. The molecule has 1 N–H and O–H groups in total. The van der Waals surface area contributed by atoms with Crippen LogP contribution in [0.25, 0.3) is 5.69 Å². The molecule has 0 bridgehead atoms. The number of benzene rings is 1. The first kappa shape index (κ1) is 21.1. The molecule has 2 heterocycles. The number of methoxy groups -OCH3 is 1. The van der Waals surface area contributed by atoms with Crippen LogP contribution in [0.5, 0.6) is 5.75 Å². The van der Waals surface area contributed by atoms with Crippen molar-refractivity contribution in [3.63, 3.8) is 0 Å². The highest BCUT2D eigenvalue weighted by molar-refractivity contribution is 5.85. The third kappa shape index (κ3) is 3.93. The van der Waals surface area contributed by atoms with E-state index in [0.717, 1.165) is 4.90 Å². The number of rotatable bonds is 4. The zero-order valence-electron chi connectivity index (χ0n) is 15.9. The van der Waals surface area contributed by atoms with Crippen LogP contribution in [0.1, 0.15) is 31.4 Å². The van der Waals surface area contributed by atoms with Crippen LogP contribution in [0.4, 0.5) is 17.6 Å². The summed E-state index contributed by atoms with van der Waals surface area (Å²) < 4.78 is 59.6. The van der Waals surface area contributed by atoms with Gasteiger partial charge in [-0.1, -0.05) is 0 Å². The molecule has 0 unspecified atom stereocenters. The van der Waals surface area contributed by atoms with Crippen LogP contribution in [0.15, 0.2) is 30.5 Å². The van der Waals surface area contributed by atoms with E-state index in [2.05, 4.69) is 5.10 Å². The highest BCUT2D eigenvalue weighted by Crippen LogP contribution is 2.35. The first-order valence-corrected chi connectivity index (χ1v) is 9.02. The standard InChI is InChI=1S/C19H21F4N3O3/c1-18(28,19(21,22)23)17(27)25-9-6-12(7-10-25)15-5-8-24-26(15)16-4-3-13(29-2)11-14(16)20/h3-5,8,11-12,28H,6-7,9-10H2,1-2H3/t18-/m1/s1. The van der Waals surface area contributed by atoms with Crippen molar-refractivity contribution < 1.29 is 32.2 Å². The second kappa shape index (κ2) is 7.66. The zero-order chi connectivity index (χ0) is 21.4. The molecule has 1 atom stereocenters. The normalized spacial score (nSPS) is 17.8. The number of ether oxygens (including phenoxy) is 1. The molecule has 1 fully saturated rings. The Balaban J connectivity index is 1.75. The lowest BCUT2D eigenvalue weighted by Gasteiger charge is -2.36. The van der Waals surface area contributed by atoms with E-state index in [4.69, 9.17) is 4.74 Å². The summed E-state index contributed by atoms with van der Waals surface area (Å²) in [5.41, 5.74) is -2.50. The van der Waals surface area contributed by atoms with Gasteiger partial charge >= 0.3 is 6.18 Å². The monoisotopic (exact) mass is 415 g/mol. The lowest BCUT2D eigenvalue weighted by Crippen LogP contribution is -2.57. The molecule has 2 aromatic rings. The Labute approximate surface area is 164 Å². The number of nitrogens with zero attached hydrogens (tertiary/aromatic N) is 3. The van der Waals surface area contributed by atoms with Gasteiger partial charge in [-0.3, -0.25) is 4.79 Å². The van der Waals surface area contributed by atoms with Gasteiger partial charge < -0.3 is 14.7 Å². The number of halogens is 4. The van der Waals surface area contributed by atoms with E-state index in [1.54, 1.807) is 12.1 Å². The minimum absolute atomic E-state index is 0.0476. The molecule has 1 aliphatic heterocycles. The van der Waals surface area contributed by atoms with Gasteiger partial charge in [-0.15, -0.1) is 0 Å². The molecule has 10 heteroatoms. The van der Waals surface area contributed by atoms with Crippen LogP contribution >= 0.6 is 0 Å². The van der Waals surface area contributed by atoms with Crippen molar-refractivity contribution in [2.75, 3.05) is 20.2 Å². The minimum atomic E-state index is -5.05. The molecule has 6 nitrogen and oxygen atoms in total. The molecule has 3 rings (SSSR count). The summed E-state index contributed by atoms with van der Waals surface area (Å²) in [5, 5.41) is 13.8. The van der Waals surface area contributed by atoms with Crippen molar-refractivity contribution in [1.29, 1.82) is 0 Å². The fourth-order valence-electron chi connectivity index (χ4n) is 3.42. The minimum Gasteiger partial charge on any atom is -0.497 e. The summed E-state index contributed by atoms with van der Waals surface area (Å²) in [5.74, 6) is -1.65. The number of hydrogen-bond donors (Lipinski definition) is 1. The van der Waals surface area contributed by atoms with Gasteiger partial charge in [-0.05, 0) is 38.0 Å². The largest absolute Gasteiger partial charge is 0.497 e. The Bertz CT molecular complexity index is 887. The van der Waals surface area contributed by atoms with Crippen molar-refractivity contribution in [3.05, 3.63) is 42.0 Å². The Morgan fingerprint density at radius 1 is 1.24 bits per heavy atom. The van der Waals surface area contributed by atoms with E-state index >= 15 is 0 Å². The van der Waals surface area contributed by atoms with Crippen LogP contribution < -0.4 is 4.74 Å². The number of aliphatic hydroxyl groups is 1. The number of likely N-dealkylation sites (tertiary alicyclic amines) is 1. The van der Waals surface area contributed by atoms with Crippen LogP contribution in [-0.4, -0.2) is 57.7 Å². The van der Waals surface area contributed by atoms with Gasteiger partial charge in [0, 0.05) is 37.0 Å². The van der Waals surface area contributed by atoms with Gasteiger partial charge in [-0.25, -0.2) is 9.07 Å². The summed E-state index contributed by atoms with van der Waals surface area (Å²) >= 11 is 0. The highest BCUT2D eigenvalue weighted by atomic mass is 19.4. The molecule has 0 saturated carbocycles. The average Bonchev–Trinajstić information content (AvgIpc) is 3.16. The number of alkyl halides is 3. The maximum atomic E-state index is 14.4. The zero-order valence-corrected chi connectivity index (χ0v) is 15.9. The van der Waals surface area contributed by atoms with E-state index in [1.165, 1.54) is 30.1 Å². The first-order chi connectivity index (χ1) is 13.6. The number of hydrogen-bond acceptors (Lipinski definition) is 4. The van der Waals surface area contributed by atoms with Crippen molar-refractivity contribution in [1.82, 2.24) is 14.7 Å². The predicted octanol–water partition coefficient (Wildman–Crippen LogP) is 3.04. The number of amides is 1. The Kier molecular flexibility index (Phi) is 5.57. The van der Waals surface area contributed by atoms with Gasteiger partial charge in [0.2, 0.25) is 5.60 Å². The third-order valence-corrected chi connectivity index (χ3v) is 5.22. The predicted molar refractivity (Wildman–Crippen MR) is 95.3 cm³/mol. The van der Waals surface area contributed by atoms with Gasteiger partial charge in [0.1, 0.15) is 11.4 Å². The topological polar surface area (TPSA) is 67.6 Å². The van der Waals surface area contributed by atoms with Crippen LogP contribution in [-0.2, 0) is 4.79 Å². The lowest BCUT2D eigenvalue weighted by molar-refractivity contribution is -0.250. The first-order valence-electron chi connectivity index (χ1n) is 9.02. The van der Waals surface area contributed by atoms with E-state index in [1.807, 2.05) is 0 Å². The van der Waals surface area contributed by atoms with Crippen LogP contribution in [0.2, 0.25) is 0 Å². The van der Waals surface area contributed by atoms with E-state index in [-0.39, 0.29) is 24.7 Å². The van der Waals surface area contributed by atoms with Gasteiger partial charge in [0.25, 0.3) is 5.91 Å². The maximum absolute atomic E-state index is 14.4. The highest BCUT2D eigenvalue weighted by Gasteiger charge is 2.57. The fraction of sp³-hybridized carbons (Fsp3) is 0.474. The second-order valence-electron chi connectivity index (χ2n) is 7.12. The van der Waals surface area contributed by atoms with Crippen molar-refractivity contribution in [3.8, 4) is 11.4 Å². The van der Waals surface area contributed by atoms with Crippen LogP contribution in [0.3, 0.4) is 0 Å². The van der Waals surface area contributed by atoms with E-state index in [0.29, 0.717) is 31.2 Å². The Morgan fingerprint density at radius 2 is 1.90 bits per heavy atom. The van der Waals surface area contributed by atoms with Gasteiger partial charge in [0.05, 0.1) is 7.11 Å². The number of carbonyl (C=O) groups is 1. The summed E-state index contributed by atoms with van der Waals surface area (Å²) in [7, 11) is 1.43. The molecule has 158 valence electrons. The SMILES string of the molecule is COc1ccc(-n2nccc2C2CCN(C(=O)[C@@](C)(O)C(F)(F)F)CC2)c(F)c1.